The van der Waals surface area contributed by atoms with Crippen molar-refractivity contribution in [2.75, 3.05) is 24.4 Å². The zero-order valence-electron chi connectivity index (χ0n) is 11.7. The molecule has 2 aromatic rings. The Morgan fingerprint density at radius 1 is 1.30 bits per heavy atom. The van der Waals surface area contributed by atoms with Crippen LogP contribution in [-0.2, 0) is 9.84 Å². The first-order valence-electron chi connectivity index (χ1n) is 5.83. The fourth-order valence-corrected chi connectivity index (χ4v) is 2.89. The van der Waals surface area contributed by atoms with Crippen LogP contribution in [0.2, 0.25) is 0 Å². The van der Waals surface area contributed by atoms with Gasteiger partial charge in [0.2, 0.25) is 0 Å². The van der Waals surface area contributed by atoms with Crippen molar-refractivity contribution in [3.63, 3.8) is 0 Å². The summed E-state index contributed by atoms with van der Waals surface area (Å²) in [6.45, 7) is 3.56. The second-order valence-corrected chi connectivity index (χ2v) is 6.36. The quantitative estimate of drug-likeness (QED) is 0.837. The van der Waals surface area contributed by atoms with Gasteiger partial charge in [-0.2, -0.15) is 4.68 Å². The molecule has 0 atom stereocenters. The number of nitrogens with zero attached hydrogens (tertiary/aromatic N) is 4. The lowest BCUT2D eigenvalue weighted by molar-refractivity contribution is 0.602. The molecule has 0 amide bonds. The molecule has 0 aliphatic carbocycles. The zero-order valence-corrected chi connectivity index (χ0v) is 12.5. The van der Waals surface area contributed by atoms with Crippen LogP contribution in [0, 0.1) is 13.8 Å². The Morgan fingerprint density at radius 3 is 2.40 bits per heavy atom. The Hall–Kier alpha value is -2.16. The summed E-state index contributed by atoms with van der Waals surface area (Å²) in [6.07, 6.45) is 1.09. The number of sulfone groups is 1. The minimum atomic E-state index is -3.50. The number of nitrogens with one attached hydrogen (secondary N) is 1. The fraction of sp³-hybridized carbons (Fsp3) is 0.364. The second-order valence-electron chi connectivity index (χ2n) is 4.41. The van der Waals surface area contributed by atoms with Crippen LogP contribution in [0.1, 0.15) is 11.5 Å². The van der Waals surface area contributed by atoms with Crippen LogP contribution in [-0.4, -0.2) is 41.5 Å². The highest BCUT2D eigenvalue weighted by molar-refractivity contribution is 7.91. The van der Waals surface area contributed by atoms with Gasteiger partial charge >= 0.3 is 0 Å². The first-order valence-corrected chi connectivity index (χ1v) is 7.72. The summed E-state index contributed by atoms with van der Waals surface area (Å²) in [5.74, 6) is 1.20. The van der Waals surface area contributed by atoms with Gasteiger partial charge in [0.05, 0.1) is 0 Å². The molecule has 108 valence electrons. The molecule has 0 bridgehead atoms. The molecule has 3 N–H and O–H groups in total. The predicted molar refractivity (Wildman–Crippen MR) is 75.7 cm³/mol. The number of hydrogen-bond acceptors (Lipinski definition) is 7. The lowest BCUT2D eigenvalue weighted by Crippen LogP contribution is -2.08. The van der Waals surface area contributed by atoms with Gasteiger partial charge in [-0.15, -0.1) is 5.10 Å². The van der Waals surface area contributed by atoms with Crippen LogP contribution in [0.3, 0.4) is 0 Å². The SMILES string of the molecule is CNc1nn(-c2cc(C)nc(C)n2)c(N)c1S(C)(=O)=O. The fourth-order valence-electron chi connectivity index (χ4n) is 1.93. The van der Waals surface area contributed by atoms with E-state index in [1.165, 1.54) is 4.68 Å². The molecule has 0 saturated heterocycles. The Bertz CT molecular complexity index is 745. The first kappa shape index (κ1) is 14.3. The van der Waals surface area contributed by atoms with Gasteiger partial charge in [-0.05, 0) is 13.8 Å². The van der Waals surface area contributed by atoms with E-state index in [-0.39, 0.29) is 16.5 Å². The number of nitrogen functional groups attached to an aromatic ring is 1. The molecule has 8 nitrogen and oxygen atoms in total. The van der Waals surface area contributed by atoms with Gasteiger partial charge in [0.1, 0.15) is 11.6 Å². The summed E-state index contributed by atoms with van der Waals surface area (Å²) in [4.78, 5) is 8.35. The van der Waals surface area contributed by atoms with E-state index in [0.717, 1.165) is 11.9 Å². The number of nitrogens with two attached hydrogens (primary N) is 1. The molecule has 0 aliphatic rings. The van der Waals surface area contributed by atoms with Crippen LogP contribution < -0.4 is 11.1 Å². The topological polar surface area (TPSA) is 116 Å². The van der Waals surface area contributed by atoms with Crippen LogP contribution in [0.25, 0.3) is 5.82 Å². The standard InChI is InChI=1S/C11H16N6O2S/c1-6-5-8(15-7(2)14-6)17-10(12)9(20(4,18)19)11(13-3)16-17/h5H,12H2,1-4H3,(H,13,16). The maximum Gasteiger partial charge on any atom is 0.182 e. The van der Waals surface area contributed by atoms with E-state index in [1.807, 2.05) is 6.92 Å². The third-order valence-electron chi connectivity index (χ3n) is 2.65. The number of aromatic nitrogens is 4. The molecular weight excluding hydrogens is 280 g/mol. The van der Waals surface area contributed by atoms with E-state index < -0.39 is 9.84 Å². The Balaban J connectivity index is 2.73. The second kappa shape index (κ2) is 4.75. The van der Waals surface area contributed by atoms with E-state index >= 15 is 0 Å². The van der Waals surface area contributed by atoms with Crippen molar-refractivity contribution in [2.45, 2.75) is 18.7 Å². The van der Waals surface area contributed by atoms with Crippen molar-refractivity contribution in [3.05, 3.63) is 17.6 Å². The average molecular weight is 296 g/mol. The van der Waals surface area contributed by atoms with Gasteiger partial charge in [0.25, 0.3) is 0 Å². The van der Waals surface area contributed by atoms with Crippen LogP contribution in [0.5, 0.6) is 0 Å². The number of hydrogen-bond donors (Lipinski definition) is 2. The minimum Gasteiger partial charge on any atom is -0.382 e. The van der Waals surface area contributed by atoms with Crippen molar-refractivity contribution in [2.24, 2.45) is 0 Å². The molecule has 0 fully saturated rings. The molecule has 0 unspecified atom stereocenters. The average Bonchev–Trinajstić information content (AvgIpc) is 2.64. The lowest BCUT2D eigenvalue weighted by atomic mass is 10.4. The maximum atomic E-state index is 11.8. The van der Waals surface area contributed by atoms with E-state index in [9.17, 15) is 8.42 Å². The molecule has 0 aromatic carbocycles. The largest absolute Gasteiger partial charge is 0.382 e. The van der Waals surface area contributed by atoms with E-state index in [4.69, 9.17) is 5.73 Å². The molecule has 0 saturated carbocycles. The van der Waals surface area contributed by atoms with Crippen molar-refractivity contribution in [3.8, 4) is 5.82 Å². The number of aryl methyl sites for hydroxylation is 2. The summed E-state index contributed by atoms with van der Waals surface area (Å²) in [5, 5.41) is 6.89. The van der Waals surface area contributed by atoms with Crippen LogP contribution in [0.15, 0.2) is 11.0 Å². The molecule has 2 heterocycles. The van der Waals surface area contributed by atoms with Gasteiger partial charge < -0.3 is 11.1 Å². The van der Waals surface area contributed by atoms with E-state index in [0.29, 0.717) is 11.6 Å². The molecule has 20 heavy (non-hydrogen) atoms. The van der Waals surface area contributed by atoms with E-state index in [2.05, 4.69) is 20.4 Å². The van der Waals surface area contributed by atoms with Gasteiger partial charge in [-0.25, -0.2) is 18.4 Å². The van der Waals surface area contributed by atoms with Gasteiger partial charge in [0, 0.05) is 25.1 Å². The number of anilines is 2. The summed E-state index contributed by atoms with van der Waals surface area (Å²) in [5.41, 5.74) is 6.66. The summed E-state index contributed by atoms with van der Waals surface area (Å²) in [6, 6.07) is 1.68. The molecule has 0 aliphatic heterocycles. The number of rotatable bonds is 3. The van der Waals surface area contributed by atoms with Crippen LogP contribution >= 0.6 is 0 Å². The lowest BCUT2D eigenvalue weighted by Gasteiger charge is -2.05. The first-order chi connectivity index (χ1) is 9.24. The molecular formula is C11H16N6O2S. The van der Waals surface area contributed by atoms with Crippen molar-refractivity contribution >= 4 is 21.5 Å². The molecule has 2 rings (SSSR count). The molecule has 2 aromatic heterocycles. The molecule has 0 radical (unpaired) electrons. The Labute approximate surface area is 117 Å². The van der Waals surface area contributed by atoms with Crippen LogP contribution in [0.4, 0.5) is 11.6 Å². The highest BCUT2D eigenvalue weighted by Gasteiger charge is 2.24. The monoisotopic (exact) mass is 296 g/mol. The minimum absolute atomic E-state index is 0.0225. The maximum absolute atomic E-state index is 11.8. The molecule has 9 heteroatoms. The van der Waals surface area contributed by atoms with Crippen molar-refractivity contribution in [1.29, 1.82) is 0 Å². The smallest absolute Gasteiger partial charge is 0.182 e. The third kappa shape index (κ3) is 2.44. The normalized spacial score (nSPS) is 11.6. The van der Waals surface area contributed by atoms with Crippen molar-refractivity contribution < 1.29 is 8.42 Å². The highest BCUT2D eigenvalue weighted by atomic mass is 32.2. The van der Waals surface area contributed by atoms with Gasteiger partial charge in [-0.1, -0.05) is 0 Å². The highest BCUT2D eigenvalue weighted by Crippen LogP contribution is 2.28. The Morgan fingerprint density at radius 2 is 1.95 bits per heavy atom. The molecule has 0 spiro atoms. The van der Waals surface area contributed by atoms with Gasteiger partial charge in [-0.3, -0.25) is 0 Å². The summed E-state index contributed by atoms with van der Waals surface area (Å²) < 4.78 is 24.9. The Kier molecular flexibility index (Phi) is 3.38. The van der Waals surface area contributed by atoms with E-state index in [1.54, 1.807) is 20.0 Å². The third-order valence-corrected chi connectivity index (χ3v) is 3.80. The predicted octanol–water partition coefficient (Wildman–Crippen LogP) is 0.307. The van der Waals surface area contributed by atoms with Crippen molar-refractivity contribution in [1.82, 2.24) is 19.7 Å². The van der Waals surface area contributed by atoms with Gasteiger partial charge in [0.15, 0.2) is 26.4 Å². The summed E-state index contributed by atoms with van der Waals surface area (Å²) in [7, 11) is -1.92. The summed E-state index contributed by atoms with van der Waals surface area (Å²) >= 11 is 0. The zero-order chi connectivity index (χ0) is 15.1.